The van der Waals surface area contributed by atoms with Gasteiger partial charge in [-0.25, -0.2) is 9.59 Å². The number of carbonyl (C=O) groups excluding carboxylic acids is 3. The summed E-state index contributed by atoms with van der Waals surface area (Å²) in [7, 11) is 0. The smallest absolute Gasteiger partial charge is 0.347 e. The maximum absolute atomic E-state index is 12.5. The first kappa shape index (κ1) is 21.0. The Morgan fingerprint density at radius 2 is 1.64 bits per heavy atom. The minimum atomic E-state index is -1.27. The SMILES string of the molecule is CC(=O)NC(CSC(=O)c1ccccc1OC(=O)c1ccccc1O)C(=O)O. The molecule has 0 fully saturated rings. The van der Waals surface area contributed by atoms with Crippen LogP contribution in [-0.2, 0) is 9.59 Å². The molecule has 0 aliphatic rings. The number of hydrogen-bond acceptors (Lipinski definition) is 7. The molecule has 0 saturated carbocycles. The third-order valence-electron chi connectivity index (χ3n) is 3.49. The number of aliphatic carboxylic acids is 1. The predicted molar refractivity (Wildman–Crippen MR) is 102 cm³/mol. The van der Waals surface area contributed by atoms with Crippen molar-refractivity contribution in [1.29, 1.82) is 0 Å². The fourth-order valence-corrected chi connectivity index (χ4v) is 3.05. The average molecular weight is 403 g/mol. The summed E-state index contributed by atoms with van der Waals surface area (Å²) in [5.41, 5.74) is -0.00256. The Labute approximate surface area is 164 Å². The Balaban J connectivity index is 2.13. The number of nitrogens with one attached hydrogen (secondary N) is 1. The molecule has 0 saturated heterocycles. The Hall–Kier alpha value is -3.33. The lowest BCUT2D eigenvalue weighted by Crippen LogP contribution is -2.41. The van der Waals surface area contributed by atoms with E-state index in [1.165, 1.54) is 31.2 Å². The van der Waals surface area contributed by atoms with Crippen molar-refractivity contribution in [2.24, 2.45) is 0 Å². The van der Waals surface area contributed by atoms with Crippen molar-refractivity contribution in [2.45, 2.75) is 13.0 Å². The molecule has 0 spiro atoms. The van der Waals surface area contributed by atoms with Crippen molar-refractivity contribution in [3.63, 3.8) is 0 Å². The highest BCUT2D eigenvalue weighted by Gasteiger charge is 2.23. The number of thioether (sulfide) groups is 1. The normalized spacial score (nSPS) is 11.3. The van der Waals surface area contributed by atoms with E-state index in [2.05, 4.69) is 5.32 Å². The van der Waals surface area contributed by atoms with Crippen molar-refractivity contribution in [2.75, 3.05) is 5.75 Å². The van der Waals surface area contributed by atoms with Gasteiger partial charge in [0.25, 0.3) is 0 Å². The average Bonchev–Trinajstić information content (AvgIpc) is 2.65. The van der Waals surface area contributed by atoms with Gasteiger partial charge in [-0.2, -0.15) is 0 Å². The van der Waals surface area contributed by atoms with Gasteiger partial charge in [0.15, 0.2) is 0 Å². The molecule has 3 N–H and O–H groups in total. The molecule has 8 nitrogen and oxygen atoms in total. The van der Waals surface area contributed by atoms with E-state index in [0.29, 0.717) is 11.8 Å². The Bertz CT molecular complexity index is 913. The van der Waals surface area contributed by atoms with Crippen LogP contribution in [0.3, 0.4) is 0 Å². The van der Waals surface area contributed by atoms with Crippen LogP contribution in [0.1, 0.15) is 27.6 Å². The molecule has 28 heavy (non-hydrogen) atoms. The van der Waals surface area contributed by atoms with Crippen LogP contribution in [0.2, 0.25) is 0 Å². The van der Waals surface area contributed by atoms with Gasteiger partial charge >= 0.3 is 11.9 Å². The summed E-state index contributed by atoms with van der Waals surface area (Å²) in [4.78, 5) is 47.0. The van der Waals surface area contributed by atoms with Crippen LogP contribution in [0.4, 0.5) is 0 Å². The zero-order valence-corrected chi connectivity index (χ0v) is 15.6. The number of aromatic hydroxyl groups is 1. The summed E-state index contributed by atoms with van der Waals surface area (Å²) >= 11 is 0.673. The summed E-state index contributed by atoms with van der Waals surface area (Å²) in [5.74, 6) is -3.13. The number of carboxylic acids is 1. The molecule has 0 bridgehead atoms. The molecular weight excluding hydrogens is 386 g/mol. The molecule has 0 aromatic heterocycles. The van der Waals surface area contributed by atoms with Gasteiger partial charge in [0.1, 0.15) is 23.1 Å². The van der Waals surface area contributed by atoms with E-state index in [9.17, 15) is 24.3 Å². The molecule has 0 aliphatic carbocycles. The topological polar surface area (TPSA) is 130 Å². The molecule has 146 valence electrons. The molecular formula is C19H17NO7S. The quantitative estimate of drug-likeness (QED) is 0.473. The molecule has 0 aliphatic heterocycles. The summed E-state index contributed by atoms with van der Waals surface area (Å²) in [6.45, 7) is 1.18. The number of benzene rings is 2. The lowest BCUT2D eigenvalue weighted by atomic mass is 10.2. The summed E-state index contributed by atoms with van der Waals surface area (Å²) in [6.07, 6.45) is 0. The summed E-state index contributed by atoms with van der Waals surface area (Å²) < 4.78 is 5.23. The monoisotopic (exact) mass is 403 g/mol. The molecule has 0 radical (unpaired) electrons. The highest BCUT2D eigenvalue weighted by molar-refractivity contribution is 8.14. The number of carbonyl (C=O) groups is 4. The van der Waals surface area contributed by atoms with E-state index in [0.717, 1.165) is 0 Å². The largest absolute Gasteiger partial charge is 0.507 e. The fourth-order valence-electron chi connectivity index (χ4n) is 2.18. The fraction of sp³-hybridized carbons (Fsp3) is 0.158. The van der Waals surface area contributed by atoms with E-state index in [1.54, 1.807) is 24.3 Å². The number of esters is 1. The number of amides is 1. The van der Waals surface area contributed by atoms with Crippen molar-refractivity contribution in [1.82, 2.24) is 5.32 Å². The molecule has 2 aromatic rings. The zero-order chi connectivity index (χ0) is 20.7. The number of hydrogen-bond donors (Lipinski definition) is 3. The standard InChI is InChI=1S/C19H17NO7S/c1-11(21)20-14(17(23)24)10-28-19(26)13-7-3-5-9-16(13)27-18(25)12-6-2-4-8-15(12)22/h2-9,14,22H,10H2,1H3,(H,20,21)(H,23,24). The van der Waals surface area contributed by atoms with Crippen LogP contribution in [0.15, 0.2) is 48.5 Å². The van der Waals surface area contributed by atoms with Gasteiger partial charge < -0.3 is 20.3 Å². The van der Waals surface area contributed by atoms with E-state index < -0.39 is 29.0 Å². The van der Waals surface area contributed by atoms with Crippen LogP contribution >= 0.6 is 11.8 Å². The molecule has 1 amide bonds. The van der Waals surface area contributed by atoms with Crippen molar-refractivity contribution >= 4 is 34.7 Å². The van der Waals surface area contributed by atoms with Crippen LogP contribution in [-0.4, -0.2) is 45.0 Å². The van der Waals surface area contributed by atoms with Crippen LogP contribution in [0.5, 0.6) is 11.5 Å². The van der Waals surface area contributed by atoms with Gasteiger partial charge in [-0.1, -0.05) is 36.0 Å². The summed E-state index contributed by atoms with van der Waals surface area (Å²) in [5, 5.41) is 20.5. The van der Waals surface area contributed by atoms with Crippen molar-refractivity contribution in [3.05, 3.63) is 59.7 Å². The third kappa shape index (κ3) is 5.58. The molecule has 9 heteroatoms. The number of carboxylic acid groups (broad SMARTS) is 1. The van der Waals surface area contributed by atoms with Crippen LogP contribution < -0.4 is 10.1 Å². The Morgan fingerprint density at radius 1 is 1.04 bits per heavy atom. The maximum atomic E-state index is 12.5. The zero-order valence-electron chi connectivity index (χ0n) is 14.7. The second-order valence-corrected chi connectivity index (χ2v) is 6.59. The highest BCUT2D eigenvalue weighted by Crippen LogP contribution is 2.26. The second kappa shape index (κ2) is 9.56. The molecule has 2 rings (SSSR count). The maximum Gasteiger partial charge on any atom is 0.347 e. The number of phenols is 1. The Morgan fingerprint density at radius 3 is 2.25 bits per heavy atom. The van der Waals surface area contributed by atoms with Crippen molar-refractivity contribution in [3.8, 4) is 11.5 Å². The lowest BCUT2D eigenvalue weighted by molar-refractivity contribution is -0.140. The van der Waals surface area contributed by atoms with Gasteiger partial charge in [-0.15, -0.1) is 0 Å². The first-order valence-electron chi connectivity index (χ1n) is 8.06. The minimum absolute atomic E-state index is 0.0281. The van der Waals surface area contributed by atoms with Crippen LogP contribution in [0, 0.1) is 0 Å². The minimum Gasteiger partial charge on any atom is -0.507 e. The molecule has 0 heterocycles. The summed E-state index contributed by atoms with van der Waals surface area (Å²) in [6, 6.07) is 10.5. The number of ether oxygens (including phenoxy) is 1. The number of rotatable bonds is 7. The van der Waals surface area contributed by atoms with Gasteiger partial charge in [0.2, 0.25) is 11.0 Å². The van der Waals surface area contributed by atoms with Gasteiger partial charge in [0.05, 0.1) is 5.56 Å². The van der Waals surface area contributed by atoms with Crippen LogP contribution in [0.25, 0.3) is 0 Å². The van der Waals surface area contributed by atoms with E-state index >= 15 is 0 Å². The van der Waals surface area contributed by atoms with Gasteiger partial charge in [0, 0.05) is 12.7 Å². The first-order valence-corrected chi connectivity index (χ1v) is 9.04. The predicted octanol–water partition coefficient (Wildman–Crippen LogP) is 2.07. The Kier molecular flexibility index (Phi) is 7.16. The van der Waals surface area contributed by atoms with Gasteiger partial charge in [-0.3, -0.25) is 9.59 Å². The first-order chi connectivity index (χ1) is 13.3. The molecule has 1 unspecified atom stereocenters. The number of para-hydroxylation sites is 2. The van der Waals surface area contributed by atoms with E-state index in [1.807, 2.05) is 0 Å². The highest BCUT2D eigenvalue weighted by atomic mass is 32.2. The van der Waals surface area contributed by atoms with Crippen molar-refractivity contribution < 1.29 is 34.1 Å². The second-order valence-electron chi connectivity index (χ2n) is 5.59. The molecule has 2 aromatic carbocycles. The molecule has 1 atom stereocenters. The number of phenolic OH excluding ortho intramolecular Hbond substituents is 1. The van der Waals surface area contributed by atoms with Gasteiger partial charge in [-0.05, 0) is 24.3 Å². The lowest BCUT2D eigenvalue weighted by Gasteiger charge is -2.13. The van der Waals surface area contributed by atoms with E-state index in [4.69, 9.17) is 9.84 Å². The third-order valence-corrected chi connectivity index (χ3v) is 4.47. The van der Waals surface area contributed by atoms with E-state index in [-0.39, 0.29) is 28.4 Å².